The summed E-state index contributed by atoms with van der Waals surface area (Å²) >= 11 is 5.94. The van der Waals surface area contributed by atoms with Crippen LogP contribution in [0.4, 0.5) is 5.69 Å². The van der Waals surface area contributed by atoms with E-state index in [2.05, 4.69) is 6.92 Å². The van der Waals surface area contributed by atoms with Gasteiger partial charge in [-0.25, -0.2) is 0 Å². The Bertz CT molecular complexity index is 389. The number of Topliss-reactive ketones (excluding diaryl/α,β-unsaturated/α-hetero) is 1. The van der Waals surface area contributed by atoms with Gasteiger partial charge in [0.15, 0.2) is 5.78 Å². The van der Waals surface area contributed by atoms with Crippen molar-refractivity contribution in [2.24, 2.45) is 11.8 Å². The van der Waals surface area contributed by atoms with Crippen molar-refractivity contribution in [2.45, 2.75) is 13.3 Å². The van der Waals surface area contributed by atoms with Gasteiger partial charge in [0.05, 0.1) is 5.02 Å². The summed E-state index contributed by atoms with van der Waals surface area (Å²) in [5.41, 5.74) is 6.75. The monoisotopic (exact) mass is 209 g/mol. The van der Waals surface area contributed by atoms with Crippen LogP contribution in [0, 0.1) is 11.8 Å². The minimum atomic E-state index is 0.155. The van der Waals surface area contributed by atoms with Crippen molar-refractivity contribution in [1.29, 1.82) is 0 Å². The van der Waals surface area contributed by atoms with Crippen molar-refractivity contribution in [3.8, 4) is 0 Å². The summed E-state index contributed by atoms with van der Waals surface area (Å²) in [6.45, 7) is 2.08. The molecule has 0 saturated heterocycles. The van der Waals surface area contributed by atoms with E-state index in [4.69, 9.17) is 17.3 Å². The van der Waals surface area contributed by atoms with Gasteiger partial charge in [-0.2, -0.15) is 0 Å². The molecule has 2 nitrogen and oxygen atoms in total. The van der Waals surface area contributed by atoms with E-state index in [1.807, 2.05) is 0 Å². The molecule has 1 aliphatic rings. The number of benzene rings is 1. The molecule has 1 aromatic rings. The average molecular weight is 210 g/mol. The minimum absolute atomic E-state index is 0.155. The molecule has 0 heterocycles. The highest BCUT2D eigenvalue weighted by atomic mass is 35.5. The van der Waals surface area contributed by atoms with E-state index < -0.39 is 0 Å². The number of hydrogen-bond acceptors (Lipinski definition) is 2. The topological polar surface area (TPSA) is 43.1 Å². The molecule has 1 aromatic carbocycles. The van der Waals surface area contributed by atoms with Gasteiger partial charge < -0.3 is 5.73 Å². The number of halogens is 1. The van der Waals surface area contributed by atoms with E-state index in [-0.39, 0.29) is 11.7 Å². The first-order valence-electron chi connectivity index (χ1n) is 4.69. The SMILES string of the molecule is CC1CC1C(=O)c1ccc(N)cc1Cl. The van der Waals surface area contributed by atoms with Crippen LogP contribution >= 0.6 is 11.6 Å². The van der Waals surface area contributed by atoms with E-state index in [0.29, 0.717) is 22.2 Å². The van der Waals surface area contributed by atoms with Crippen molar-refractivity contribution in [3.05, 3.63) is 28.8 Å². The lowest BCUT2D eigenvalue weighted by Crippen LogP contribution is -2.04. The molecule has 74 valence electrons. The minimum Gasteiger partial charge on any atom is -0.399 e. The van der Waals surface area contributed by atoms with E-state index in [9.17, 15) is 4.79 Å². The Morgan fingerprint density at radius 2 is 2.21 bits per heavy atom. The van der Waals surface area contributed by atoms with Crippen LogP contribution in [-0.4, -0.2) is 5.78 Å². The molecule has 0 bridgehead atoms. The van der Waals surface area contributed by atoms with Crippen molar-refractivity contribution < 1.29 is 4.79 Å². The zero-order valence-electron chi connectivity index (χ0n) is 7.96. The molecular formula is C11H12ClNO. The van der Waals surface area contributed by atoms with Crippen LogP contribution in [0.3, 0.4) is 0 Å². The average Bonchev–Trinajstić information content (AvgIpc) is 2.81. The third kappa shape index (κ3) is 1.62. The fourth-order valence-corrected chi connectivity index (χ4v) is 1.90. The molecular weight excluding hydrogens is 198 g/mol. The Labute approximate surface area is 88.1 Å². The van der Waals surface area contributed by atoms with Crippen LogP contribution in [0.25, 0.3) is 0 Å². The predicted molar refractivity (Wildman–Crippen MR) is 57.5 cm³/mol. The maximum absolute atomic E-state index is 11.8. The maximum atomic E-state index is 11.8. The van der Waals surface area contributed by atoms with Crippen LogP contribution in [0.15, 0.2) is 18.2 Å². The molecule has 2 atom stereocenters. The fraction of sp³-hybridized carbons (Fsp3) is 0.364. The summed E-state index contributed by atoms with van der Waals surface area (Å²) in [5.74, 6) is 0.842. The first-order valence-corrected chi connectivity index (χ1v) is 5.06. The largest absolute Gasteiger partial charge is 0.399 e. The van der Waals surface area contributed by atoms with Crippen LogP contribution in [0.2, 0.25) is 5.02 Å². The van der Waals surface area contributed by atoms with E-state index in [1.54, 1.807) is 18.2 Å². The van der Waals surface area contributed by atoms with E-state index in [1.165, 1.54) is 0 Å². The quantitative estimate of drug-likeness (QED) is 0.601. The molecule has 2 N–H and O–H groups in total. The Morgan fingerprint density at radius 3 is 2.71 bits per heavy atom. The number of carbonyl (C=O) groups is 1. The lowest BCUT2D eigenvalue weighted by atomic mass is 10.1. The van der Waals surface area contributed by atoms with Crippen molar-refractivity contribution in [1.82, 2.24) is 0 Å². The molecule has 2 unspecified atom stereocenters. The summed E-state index contributed by atoms with van der Waals surface area (Å²) in [5, 5.41) is 0.467. The highest BCUT2D eigenvalue weighted by molar-refractivity contribution is 6.34. The lowest BCUT2D eigenvalue weighted by Gasteiger charge is -2.03. The van der Waals surface area contributed by atoms with Crippen LogP contribution in [0.1, 0.15) is 23.7 Å². The van der Waals surface area contributed by atoms with Crippen molar-refractivity contribution in [3.63, 3.8) is 0 Å². The molecule has 0 spiro atoms. The highest BCUT2D eigenvalue weighted by Crippen LogP contribution is 2.41. The van der Waals surface area contributed by atoms with Gasteiger partial charge >= 0.3 is 0 Å². The van der Waals surface area contributed by atoms with Gasteiger partial charge in [0.2, 0.25) is 0 Å². The number of nitrogen functional groups attached to an aromatic ring is 1. The molecule has 0 amide bonds. The molecule has 1 fully saturated rings. The normalized spacial score (nSPS) is 24.7. The smallest absolute Gasteiger partial charge is 0.167 e. The third-order valence-electron chi connectivity index (χ3n) is 2.70. The van der Waals surface area contributed by atoms with Gasteiger partial charge in [0.25, 0.3) is 0 Å². The zero-order valence-corrected chi connectivity index (χ0v) is 8.71. The van der Waals surface area contributed by atoms with Crippen LogP contribution < -0.4 is 5.73 Å². The number of ketones is 1. The summed E-state index contributed by atoms with van der Waals surface area (Å²) in [6.07, 6.45) is 0.986. The highest BCUT2D eigenvalue weighted by Gasteiger charge is 2.39. The molecule has 0 aromatic heterocycles. The number of carbonyl (C=O) groups excluding carboxylic acids is 1. The molecule has 0 aliphatic heterocycles. The number of nitrogens with two attached hydrogens (primary N) is 1. The first kappa shape index (κ1) is 9.53. The summed E-state index contributed by atoms with van der Waals surface area (Å²) in [4.78, 5) is 11.8. The van der Waals surface area contributed by atoms with Crippen LogP contribution in [0.5, 0.6) is 0 Å². The fourth-order valence-electron chi connectivity index (χ4n) is 1.62. The predicted octanol–water partition coefficient (Wildman–Crippen LogP) is 2.76. The Kier molecular flexibility index (Phi) is 2.23. The van der Waals surface area contributed by atoms with E-state index >= 15 is 0 Å². The van der Waals surface area contributed by atoms with Crippen LogP contribution in [-0.2, 0) is 0 Å². The lowest BCUT2D eigenvalue weighted by molar-refractivity contribution is 0.0962. The third-order valence-corrected chi connectivity index (χ3v) is 3.02. The van der Waals surface area contributed by atoms with Crippen molar-refractivity contribution >= 4 is 23.1 Å². The Morgan fingerprint density at radius 1 is 1.57 bits per heavy atom. The second-order valence-corrected chi connectivity index (χ2v) is 4.33. The zero-order chi connectivity index (χ0) is 10.3. The molecule has 14 heavy (non-hydrogen) atoms. The Balaban J connectivity index is 2.28. The van der Waals surface area contributed by atoms with Gasteiger partial charge in [-0.1, -0.05) is 18.5 Å². The first-order chi connectivity index (χ1) is 6.59. The standard InChI is InChI=1S/C11H12ClNO/c1-6-4-9(6)11(14)8-3-2-7(13)5-10(8)12/h2-3,5-6,9H,4,13H2,1H3. The summed E-state index contributed by atoms with van der Waals surface area (Å²) < 4.78 is 0. The number of rotatable bonds is 2. The second-order valence-electron chi connectivity index (χ2n) is 3.92. The number of hydrogen-bond donors (Lipinski definition) is 1. The molecule has 0 radical (unpaired) electrons. The van der Waals surface area contributed by atoms with E-state index in [0.717, 1.165) is 6.42 Å². The second kappa shape index (κ2) is 3.28. The number of anilines is 1. The molecule has 2 rings (SSSR count). The summed E-state index contributed by atoms with van der Waals surface area (Å²) in [7, 11) is 0. The van der Waals surface area contributed by atoms with Gasteiger partial charge in [0, 0.05) is 17.2 Å². The van der Waals surface area contributed by atoms with Gasteiger partial charge in [-0.3, -0.25) is 4.79 Å². The summed E-state index contributed by atoms with van der Waals surface area (Å²) in [6, 6.07) is 5.05. The van der Waals surface area contributed by atoms with Crippen molar-refractivity contribution in [2.75, 3.05) is 5.73 Å². The maximum Gasteiger partial charge on any atom is 0.167 e. The molecule has 1 aliphatic carbocycles. The molecule has 3 heteroatoms. The Hall–Kier alpha value is -1.02. The van der Waals surface area contributed by atoms with Gasteiger partial charge in [-0.05, 0) is 30.5 Å². The van der Waals surface area contributed by atoms with Gasteiger partial charge in [0.1, 0.15) is 0 Å². The van der Waals surface area contributed by atoms with Gasteiger partial charge in [-0.15, -0.1) is 0 Å². The molecule has 1 saturated carbocycles.